The molecule has 2 rings (SSSR count). The Bertz CT molecular complexity index is 733. The molecule has 6 heteroatoms. The first-order chi connectivity index (χ1) is 13.2. The van der Waals surface area contributed by atoms with Crippen molar-refractivity contribution >= 4 is 5.96 Å². The lowest BCUT2D eigenvalue weighted by atomic mass is 10.1. The average Bonchev–Trinajstić information content (AvgIpc) is 2.72. The first-order valence-electron chi connectivity index (χ1n) is 9.07. The monoisotopic (exact) mass is 371 g/mol. The number of aliphatic imine (C=N–C) groups is 1. The molecule has 0 atom stereocenters. The number of rotatable bonds is 9. The summed E-state index contributed by atoms with van der Waals surface area (Å²) in [6, 6.07) is 14.1. The summed E-state index contributed by atoms with van der Waals surface area (Å²) < 4.78 is 16.3. The van der Waals surface area contributed by atoms with Crippen molar-refractivity contribution in [3.05, 3.63) is 53.6 Å². The van der Waals surface area contributed by atoms with E-state index in [-0.39, 0.29) is 0 Å². The van der Waals surface area contributed by atoms with E-state index in [1.165, 1.54) is 5.56 Å². The number of hydrogen-bond donors (Lipinski definition) is 2. The van der Waals surface area contributed by atoms with Crippen LogP contribution in [-0.4, -0.2) is 40.4 Å². The minimum absolute atomic E-state index is 0.613. The zero-order valence-electron chi connectivity index (χ0n) is 16.5. The molecule has 0 unspecified atom stereocenters. The topological polar surface area (TPSA) is 64.1 Å². The third-order valence-electron chi connectivity index (χ3n) is 4.08. The summed E-state index contributed by atoms with van der Waals surface area (Å²) in [5.74, 6) is 2.76. The fraction of sp³-hybridized carbons (Fsp3) is 0.381. The molecule has 0 spiro atoms. The van der Waals surface area contributed by atoms with Crippen molar-refractivity contribution in [2.45, 2.75) is 19.9 Å². The van der Waals surface area contributed by atoms with Gasteiger partial charge in [0.25, 0.3) is 0 Å². The van der Waals surface area contributed by atoms with E-state index in [9.17, 15) is 0 Å². The third kappa shape index (κ3) is 5.81. The Labute approximate surface area is 161 Å². The van der Waals surface area contributed by atoms with Crippen LogP contribution in [0, 0.1) is 0 Å². The van der Waals surface area contributed by atoms with Gasteiger partial charge in [-0.2, -0.15) is 0 Å². The van der Waals surface area contributed by atoms with E-state index in [0.717, 1.165) is 24.5 Å². The van der Waals surface area contributed by atoms with Gasteiger partial charge in [-0.1, -0.05) is 36.4 Å². The zero-order chi connectivity index (χ0) is 19.5. The van der Waals surface area contributed by atoms with Crippen LogP contribution in [0.2, 0.25) is 0 Å². The molecule has 27 heavy (non-hydrogen) atoms. The Balaban J connectivity index is 2.02. The molecular weight excluding hydrogens is 342 g/mol. The van der Waals surface area contributed by atoms with Gasteiger partial charge in [-0.3, -0.25) is 0 Å². The van der Waals surface area contributed by atoms with E-state index in [0.29, 0.717) is 30.3 Å². The van der Waals surface area contributed by atoms with E-state index >= 15 is 0 Å². The maximum Gasteiger partial charge on any atom is 0.203 e. The van der Waals surface area contributed by atoms with Crippen molar-refractivity contribution in [2.75, 3.05) is 34.4 Å². The average molecular weight is 371 g/mol. The second-order valence-electron chi connectivity index (χ2n) is 5.85. The van der Waals surface area contributed by atoms with E-state index in [1.54, 1.807) is 21.3 Å². The van der Waals surface area contributed by atoms with Crippen LogP contribution in [0.15, 0.2) is 47.5 Å². The Hall–Kier alpha value is -2.89. The van der Waals surface area contributed by atoms with Gasteiger partial charge in [0.2, 0.25) is 5.75 Å². The van der Waals surface area contributed by atoms with Gasteiger partial charge >= 0.3 is 0 Å². The lowest BCUT2D eigenvalue weighted by Gasteiger charge is -2.16. The molecule has 0 aromatic heterocycles. The van der Waals surface area contributed by atoms with Crippen molar-refractivity contribution in [3.63, 3.8) is 0 Å². The van der Waals surface area contributed by atoms with Crippen molar-refractivity contribution < 1.29 is 14.2 Å². The molecule has 0 bridgehead atoms. The highest BCUT2D eigenvalue weighted by atomic mass is 16.5. The van der Waals surface area contributed by atoms with Crippen molar-refractivity contribution in [2.24, 2.45) is 4.99 Å². The molecule has 0 heterocycles. The van der Waals surface area contributed by atoms with Crippen LogP contribution >= 0.6 is 0 Å². The van der Waals surface area contributed by atoms with Crippen LogP contribution in [0.25, 0.3) is 0 Å². The fourth-order valence-electron chi connectivity index (χ4n) is 2.77. The molecule has 0 saturated carbocycles. The Morgan fingerprint density at radius 2 is 1.63 bits per heavy atom. The van der Waals surface area contributed by atoms with Crippen LogP contribution < -0.4 is 24.8 Å². The molecule has 0 aliphatic carbocycles. The minimum atomic E-state index is 0.613. The Morgan fingerprint density at radius 1 is 0.889 bits per heavy atom. The summed E-state index contributed by atoms with van der Waals surface area (Å²) in [5, 5.41) is 6.64. The predicted molar refractivity (Wildman–Crippen MR) is 109 cm³/mol. The molecule has 2 aromatic carbocycles. The third-order valence-corrected chi connectivity index (χ3v) is 4.08. The van der Waals surface area contributed by atoms with Crippen molar-refractivity contribution in [1.82, 2.24) is 10.6 Å². The molecule has 2 N–H and O–H groups in total. The number of nitrogens with one attached hydrogen (secondary N) is 2. The number of nitrogens with zero attached hydrogens (tertiary/aromatic N) is 1. The highest BCUT2D eigenvalue weighted by Gasteiger charge is 2.15. The van der Waals surface area contributed by atoms with E-state index in [1.807, 2.05) is 30.3 Å². The second-order valence-corrected chi connectivity index (χ2v) is 5.85. The molecule has 0 radical (unpaired) electrons. The van der Waals surface area contributed by atoms with Crippen LogP contribution in [0.5, 0.6) is 17.2 Å². The van der Waals surface area contributed by atoms with Gasteiger partial charge in [0, 0.05) is 18.7 Å². The number of guanidine groups is 1. The van der Waals surface area contributed by atoms with Crippen LogP contribution in [0.1, 0.15) is 18.1 Å². The number of benzene rings is 2. The van der Waals surface area contributed by atoms with Crippen LogP contribution in [0.4, 0.5) is 0 Å². The van der Waals surface area contributed by atoms with Gasteiger partial charge < -0.3 is 24.8 Å². The van der Waals surface area contributed by atoms with Gasteiger partial charge in [-0.05, 0) is 25.0 Å². The molecule has 0 fully saturated rings. The Kier molecular flexibility index (Phi) is 8.29. The second kappa shape index (κ2) is 11.0. The van der Waals surface area contributed by atoms with Crippen LogP contribution in [-0.2, 0) is 13.0 Å². The largest absolute Gasteiger partial charge is 0.493 e. The fourth-order valence-corrected chi connectivity index (χ4v) is 2.77. The van der Waals surface area contributed by atoms with Gasteiger partial charge in [0.1, 0.15) is 0 Å². The normalized spacial score (nSPS) is 11.0. The van der Waals surface area contributed by atoms with Crippen molar-refractivity contribution in [1.29, 1.82) is 0 Å². The van der Waals surface area contributed by atoms with E-state index in [4.69, 9.17) is 14.2 Å². The quantitative estimate of drug-likeness (QED) is 0.524. The highest BCUT2D eigenvalue weighted by molar-refractivity contribution is 5.79. The molecule has 146 valence electrons. The predicted octanol–water partition coefficient (Wildman–Crippen LogP) is 3.01. The van der Waals surface area contributed by atoms with Gasteiger partial charge in [0.05, 0.1) is 27.9 Å². The lowest BCUT2D eigenvalue weighted by molar-refractivity contribution is 0.322. The standard InChI is InChI=1S/C21H29N3O3/c1-5-22-21(24-15-16-9-7-6-8-10-16)23-14-13-17-11-12-18(25-2)20(27-4)19(17)26-3/h6-12H,5,13-15H2,1-4H3,(H2,22,23,24). The van der Waals surface area contributed by atoms with Crippen LogP contribution in [0.3, 0.4) is 0 Å². The summed E-state index contributed by atoms with van der Waals surface area (Å²) in [4.78, 5) is 4.64. The van der Waals surface area contributed by atoms with Gasteiger partial charge in [-0.25, -0.2) is 4.99 Å². The molecule has 2 aromatic rings. The van der Waals surface area contributed by atoms with Crippen molar-refractivity contribution in [3.8, 4) is 17.2 Å². The summed E-state index contributed by atoms with van der Waals surface area (Å²) in [6.07, 6.45) is 0.763. The highest BCUT2D eigenvalue weighted by Crippen LogP contribution is 2.39. The smallest absolute Gasteiger partial charge is 0.203 e. The minimum Gasteiger partial charge on any atom is -0.493 e. The first kappa shape index (κ1) is 20.4. The molecular formula is C21H29N3O3. The zero-order valence-corrected chi connectivity index (χ0v) is 16.5. The first-order valence-corrected chi connectivity index (χ1v) is 9.07. The SMILES string of the molecule is CCNC(=NCc1ccccc1)NCCc1ccc(OC)c(OC)c1OC. The number of methoxy groups -OCH3 is 3. The number of hydrogen-bond acceptors (Lipinski definition) is 4. The maximum absolute atomic E-state index is 5.54. The van der Waals surface area contributed by atoms with E-state index < -0.39 is 0 Å². The van der Waals surface area contributed by atoms with E-state index in [2.05, 4.69) is 34.7 Å². The summed E-state index contributed by atoms with van der Waals surface area (Å²) >= 11 is 0. The summed E-state index contributed by atoms with van der Waals surface area (Å²) in [7, 11) is 4.87. The maximum atomic E-state index is 5.54. The molecule has 0 aliphatic heterocycles. The summed E-state index contributed by atoms with van der Waals surface area (Å²) in [5.41, 5.74) is 2.22. The molecule has 6 nitrogen and oxygen atoms in total. The summed E-state index contributed by atoms with van der Waals surface area (Å²) in [6.45, 7) is 4.21. The lowest BCUT2D eigenvalue weighted by Crippen LogP contribution is -2.38. The van der Waals surface area contributed by atoms with Gasteiger partial charge in [-0.15, -0.1) is 0 Å². The molecule has 0 aliphatic rings. The Morgan fingerprint density at radius 3 is 2.26 bits per heavy atom. The molecule has 0 saturated heterocycles. The number of ether oxygens (including phenoxy) is 3. The van der Waals surface area contributed by atoms with Gasteiger partial charge in [0.15, 0.2) is 17.5 Å². The molecule has 0 amide bonds.